The molecule has 5 nitrogen and oxygen atoms in total. The molecule has 0 bridgehead atoms. The minimum atomic E-state index is -0.0666. The number of fused-ring (bicyclic) bond motifs is 1. The quantitative estimate of drug-likeness (QED) is 0.861. The maximum atomic E-state index is 12.1. The summed E-state index contributed by atoms with van der Waals surface area (Å²) >= 11 is 0. The van der Waals surface area contributed by atoms with Crippen molar-refractivity contribution in [1.82, 2.24) is 19.9 Å². The van der Waals surface area contributed by atoms with Crippen LogP contribution in [0.25, 0.3) is 5.65 Å². The molecule has 0 saturated heterocycles. The Morgan fingerprint density at radius 2 is 2.41 bits per heavy atom. The number of nitrogens with zero attached hydrogens (tertiary/aromatic N) is 3. The van der Waals surface area contributed by atoms with Crippen LogP contribution in [-0.4, -0.2) is 27.0 Å². The van der Waals surface area contributed by atoms with Crippen molar-refractivity contribution in [2.45, 2.75) is 19.8 Å². The molecule has 1 aliphatic rings. The van der Waals surface area contributed by atoms with Crippen molar-refractivity contribution in [2.75, 3.05) is 6.54 Å². The molecule has 0 unspecified atom stereocenters. The van der Waals surface area contributed by atoms with Gasteiger partial charge in [-0.1, -0.05) is 0 Å². The number of nitrogens with one attached hydrogen (secondary N) is 1. The number of rotatable bonds is 3. The van der Waals surface area contributed by atoms with E-state index in [-0.39, 0.29) is 5.91 Å². The van der Waals surface area contributed by atoms with Crippen molar-refractivity contribution in [2.24, 2.45) is 5.92 Å². The lowest BCUT2D eigenvalue weighted by atomic mass is 10.2. The highest BCUT2D eigenvalue weighted by Gasteiger charge is 2.24. The second-order valence-electron chi connectivity index (χ2n) is 4.50. The molecule has 0 radical (unpaired) electrons. The highest BCUT2D eigenvalue weighted by molar-refractivity contribution is 6.00. The summed E-state index contributed by atoms with van der Waals surface area (Å²) in [5, 5.41) is 7.22. The average molecular weight is 230 g/mol. The smallest absolute Gasteiger partial charge is 0.257 e. The van der Waals surface area contributed by atoms with Crippen LogP contribution >= 0.6 is 0 Å². The van der Waals surface area contributed by atoms with E-state index in [2.05, 4.69) is 15.4 Å². The molecule has 3 rings (SSSR count). The Kier molecular flexibility index (Phi) is 2.31. The minimum Gasteiger partial charge on any atom is -0.352 e. The lowest BCUT2D eigenvalue weighted by Gasteiger charge is -2.02. The number of aromatic nitrogens is 3. The van der Waals surface area contributed by atoms with Gasteiger partial charge in [-0.3, -0.25) is 4.79 Å². The van der Waals surface area contributed by atoms with Gasteiger partial charge in [0, 0.05) is 18.9 Å². The third-order valence-corrected chi connectivity index (χ3v) is 3.05. The fraction of sp³-hybridized carbons (Fsp3) is 0.417. The van der Waals surface area contributed by atoms with E-state index in [4.69, 9.17) is 0 Å². The fourth-order valence-corrected chi connectivity index (χ4v) is 1.91. The Morgan fingerprint density at radius 3 is 3.18 bits per heavy atom. The average Bonchev–Trinajstić information content (AvgIpc) is 3.07. The molecule has 88 valence electrons. The van der Waals surface area contributed by atoms with Crippen molar-refractivity contribution in [1.29, 1.82) is 0 Å². The topological polar surface area (TPSA) is 59.3 Å². The van der Waals surface area contributed by atoms with Gasteiger partial charge in [-0.2, -0.15) is 5.10 Å². The molecule has 1 fully saturated rings. The molecule has 1 saturated carbocycles. The summed E-state index contributed by atoms with van der Waals surface area (Å²) in [5.74, 6) is 0.608. The molecular formula is C12H14N4O. The Morgan fingerprint density at radius 1 is 1.59 bits per heavy atom. The van der Waals surface area contributed by atoms with Crippen molar-refractivity contribution in [3.05, 3.63) is 29.7 Å². The summed E-state index contributed by atoms with van der Waals surface area (Å²) in [4.78, 5) is 16.3. The number of hydrogen-bond acceptors (Lipinski definition) is 3. The summed E-state index contributed by atoms with van der Waals surface area (Å²) in [7, 11) is 0. The van der Waals surface area contributed by atoms with Gasteiger partial charge in [-0.05, 0) is 31.7 Å². The molecule has 2 heterocycles. The van der Waals surface area contributed by atoms with Crippen LogP contribution in [0.3, 0.4) is 0 Å². The summed E-state index contributed by atoms with van der Waals surface area (Å²) < 4.78 is 1.64. The standard InChI is InChI=1S/C12H14N4O/c1-8-10(12(17)14-7-9-3-4-9)11-13-5-2-6-16(11)15-8/h2,5-6,9H,3-4,7H2,1H3,(H,14,17). The predicted molar refractivity (Wildman–Crippen MR) is 62.8 cm³/mol. The third-order valence-electron chi connectivity index (χ3n) is 3.05. The molecule has 0 aromatic carbocycles. The SMILES string of the molecule is Cc1nn2cccnc2c1C(=O)NCC1CC1. The molecule has 5 heteroatoms. The Labute approximate surface area is 98.9 Å². The van der Waals surface area contributed by atoms with Gasteiger partial charge in [-0.15, -0.1) is 0 Å². The van der Waals surface area contributed by atoms with E-state index in [9.17, 15) is 4.79 Å². The minimum absolute atomic E-state index is 0.0666. The zero-order chi connectivity index (χ0) is 11.8. The number of carbonyl (C=O) groups excluding carboxylic acids is 1. The van der Waals surface area contributed by atoms with Gasteiger partial charge >= 0.3 is 0 Å². The monoisotopic (exact) mass is 230 g/mol. The molecule has 1 aliphatic carbocycles. The number of amides is 1. The van der Waals surface area contributed by atoms with E-state index < -0.39 is 0 Å². The highest BCUT2D eigenvalue weighted by Crippen LogP contribution is 2.27. The molecule has 17 heavy (non-hydrogen) atoms. The van der Waals surface area contributed by atoms with E-state index in [0.29, 0.717) is 17.1 Å². The van der Waals surface area contributed by atoms with Crippen molar-refractivity contribution in [3.63, 3.8) is 0 Å². The Hall–Kier alpha value is -1.91. The number of carbonyl (C=O) groups is 1. The first-order valence-electron chi connectivity index (χ1n) is 5.84. The molecule has 1 N–H and O–H groups in total. The highest BCUT2D eigenvalue weighted by atomic mass is 16.1. The van der Waals surface area contributed by atoms with Crippen LogP contribution in [0.4, 0.5) is 0 Å². The van der Waals surface area contributed by atoms with Gasteiger partial charge in [0.15, 0.2) is 5.65 Å². The molecule has 2 aromatic heterocycles. The summed E-state index contributed by atoms with van der Waals surface area (Å²) in [6.45, 7) is 2.60. The normalized spacial score (nSPS) is 15.1. The van der Waals surface area contributed by atoms with Gasteiger partial charge in [-0.25, -0.2) is 9.50 Å². The first-order valence-corrected chi connectivity index (χ1v) is 5.84. The van der Waals surface area contributed by atoms with Crippen LogP contribution in [0.5, 0.6) is 0 Å². The molecule has 0 spiro atoms. The lowest BCUT2D eigenvalue weighted by molar-refractivity contribution is 0.0952. The van der Waals surface area contributed by atoms with Crippen molar-refractivity contribution < 1.29 is 4.79 Å². The van der Waals surface area contributed by atoms with E-state index in [1.807, 2.05) is 6.92 Å². The third kappa shape index (κ3) is 1.88. The van der Waals surface area contributed by atoms with Crippen LogP contribution < -0.4 is 5.32 Å². The summed E-state index contributed by atoms with van der Waals surface area (Å²) in [6, 6.07) is 1.80. The number of hydrogen-bond donors (Lipinski definition) is 1. The Bertz CT molecular complexity index is 571. The van der Waals surface area contributed by atoms with Gasteiger partial charge in [0.25, 0.3) is 5.91 Å². The summed E-state index contributed by atoms with van der Waals surface area (Å²) in [6.07, 6.45) is 5.93. The maximum absolute atomic E-state index is 12.1. The Balaban J connectivity index is 1.91. The van der Waals surface area contributed by atoms with Gasteiger partial charge in [0.2, 0.25) is 0 Å². The second kappa shape index (κ2) is 3.84. The van der Waals surface area contributed by atoms with Crippen LogP contribution in [0.15, 0.2) is 18.5 Å². The maximum Gasteiger partial charge on any atom is 0.257 e. The first-order chi connectivity index (χ1) is 8.25. The van der Waals surface area contributed by atoms with Crippen LogP contribution in [0.1, 0.15) is 28.9 Å². The lowest BCUT2D eigenvalue weighted by Crippen LogP contribution is -2.26. The van der Waals surface area contributed by atoms with Gasteiger partial charge in [0.05, 0.1) is 5.69 Å². The molecule has 0 atom stereocenters. The first kappa shape index (κ1) is 10.3. The van der Waals surface area contributed by atoms with E-state index in [1.165, 1.54) is 12.8 Å². The van der Waals surface area contributed by atoms with Gasteiger partial charge < -0.3 is 5.32 Å². The zero-order valence-corrected chi connectivity index (χ0v) is 9.68. The van der Waals surface area contributed by atoms with Gasteiger partial charge in [0.1, 0.15) is 5.56 Å². The van der Waals surface area contributed by atoms with Crippen LogP contribution in [0, 0.1) is 12.8 Å². The van der Waals surface area contributed by atoms with E-state index in [0.717, 1.165) is 12.2 Å². The number of aryl methyl sites for hydroxylation is 1. The van der Waals surface area contributed by atoms with E-state index in [1.54, 1.807) is 23.0 Å². The van der Waals surface area contributed by atoms with Crippen molar-refractivity contribution in [3.8, 4) is 0 Å². The molecule has 1 amide bonds. The predicted octanol–water partition coefficient (Wildman–Crippen LogP) is 1.18. The molecular weight excluding hydrogens is 216 g/mol. The largest absolute Gasteiger partial charge is 0.352 e. The second-order valence-corrected chi connectivity index (χ2v) is 4.50. The molecule has 0 aliphatic heterocycles. The summed E-state index contributed by atoms with van der Waals surface area (Å²) in [5.41, 5.74) is 1.93. The van der Waals surface area contributed by atoms with E-state index >= 15 is 0 Å². The van der Waals surface area contributed by atoms with Crippen molar-refractivity contribution >= 4 is 11.6 Å². The van der Waals surface area contributed by atoms with Crippen LogP contribution in [-0.2, 0) is 0 Å². The van der Waals surface area contributed by atoms with Crippen LogP contribution in [0.2, 0.25) is 0 Å². The zero-order valence-electron chi connectivity index (χ0n) is 9.68. The molecule has 2 aromatic rings. The fourth-order valence-electron chi connectivity index (χ4n) is 1.91.